The Balaban J connectivity index is 1.80. The number of para-hydroxylation sites is 1. The SMILES string of the molecule is Cc1cc(C)cc(Nc2ncnc(N3CCCc4ccccc43)c2[N+](=O)[O-])c1. The molecule has 4 rings (SSSR count). The van der Waals surface area contributed by atoms with Crippen LogP contribution in [0.5, 0.6) is 0 Å². The molecule has 2 heterocycles. The molecule has 0 bridgehead atoms. The highest BCUT2D eigenvalue weighted by molar-refractivity contribution is 5.79. The molecule has 3 aromatic rings. The van der Waals surface area contributed by atoms with E-state index in [-0.39, 0.29) is 11.5 Å². The molecule has 0 aliphatic carbocycles. The van der Waals surface area contributed by atoms with Gasteiger partial charge in [-0.1, -0.05) is 24.3 Å². The number of hydrogen-bond donors (Lipinski definition) is 1. The van der Waals surface area contributed by atoms with Crippen LogP contribution in [-0.4, -0.2) is 21.4 Å². The van der Waals surface area contributed by atoms with Crippen molar-refractivity contribution >= 4 is 28.7 Å². The van der Waals surface area contributed by atoms with E-state index in [1.807, 2.05) is 49.1 Å². The topological polar surface area (TPSA) is 84.2 Å². The Bertz CT molecular complexity index is 1030. The lowest BCUT2D eigenvalue weighted by Crippen LogP contribution is -2.26. The maximum atomic E-state index is 12.0. The third-order valence-electron chi connectivity index (χ3n) is 4.84. The number of rotatable bonds is 4. The van der Waals surface area contributed by atoms with Gasteiger partial charge in [-0.3, -0.25) is 10.1 Å². The highest BCUT2D eigenvalue weighted by Crippen LogP contribution is 2.40. The van der Waals surface area contributed by atoms with E-state index in [0.29, 0.717) is 12.4 Å². The van der Waals surface area contributed by atoms with Gasteiger partial charge in [-0.2, -0.15) is 0 Å². The summed E-state index contributed by atoms with van der Waals surface area (Å²) in [5, 5.41) is 15.1. The van der Waals surface area contributed by atoms with Crippen molar-refractivity contribution in [2.45, 2.75) is 26.7 Å². The quantitative estimate of drug-likeness (QED) is 0.519. The van der Waals surface area contributed by atoms with Crippen molar-refractivity contribution in [1.29, 1.82) is 0 Å². The molecule has 0 fully saturated rings. The molecule has 2 aromatic carbocycles. The Kier molecular flexibility index (Phi) is 4.65. The van der Waals surface area contributed by atoms with Crippen molar-refractivity contribution < 1.29 is 4.92 Å². The van der Waals surface area contributed by atoms with Crippen molar-refractivity contribution in [3.05, 3.63) is 75.6 Å². The van der Waals surface area contributed by atoms with Crippen LogP contribution in [0.3, 0.4) is 0 Å². The molecule has 0 saturated heterocycles. The van der Waals surface area contributed by atoms with E-state index in [1.165, 1.54) is 11.9 Å². The highest BCUT2D eigenvalue weighted by atomic mass is 16.6. The van der Waals surface area contributed by atoms with Crippen molar-refractivity contribution in [2.75, 3.05) is 16.8 Å². The summed E-state index contributed by atoms with van der Waals surface area (Å²) in [5.41, 5.74) is 4.94. The summed E-state index contributed by atoms with van der Waals surface area (Å²) in [6.45, 7) is 4.66. The second-order valence-corrected chi connectivity index (χ2v) is 7.04. The number of nitro groups is 1. The molecule has 1 aliphatic heterocycles. The summed E-state index contributed by atoms with van der Waals surface area (Å²) in [6.07, 6.45) is 3.25. The van der Waals surface area contributed by atoms with Crippen LogP contribution in [0.1, 0.15) is 23.1 Å². The standard InChI is InChI=1S/C21H21N5O2/c1-14-10-15(2)12-17(11-14)24-20-19(26(27)28)21(23-13-22-20)25-9-5-7-16-6-3-4-8-18(16)25/h3-4,6,8,10-13H,5,7,9H2,1-2H3,(H,22,23,24). The lowest BCUT2D eigenvalue weighted by molar-refractivity contribution is -0.383. The molecule has 0 atom stereocenters. The molecular weight excluding hydrogens is 354 g/mol. The van der Waals surface area contributed by atoms with Gasteiger partial charge in [0, 0.05) is 17.9 Å². The summed E-state index contributed by atoms with van der Waals surface area (Å²) in [4.78, 5) is 22.0. The van der Waals surface area contributed by atoms with Crippen LogP contribution in [0.2, 0.25) is 0 Å². The second-order valence-electron chi connectivity index (χ2n) is 7.04. The Morgan fingerprint density at radius 1 is 1.11 bits per heavy atom. The van der Waals surface area contributed by atoms with Crippen LogP contribution in [0.15, 0.2) is 48.8 Å². The molecule has 0 radical (unpaired) electrons. The number of fused-ring (bicyclic) bond motifs is 1. The van der Waals surface area contributed by atoms with Gasteiger partial charge in [-0.25, -0.2) is 9.97 Å². The van der Waals surface area contributed by atoms with Crippen LogP contribution in [0.4, 0.5) is 28.7 Å². The molecule has 0 saturated carbocycles. The van der Waals surface area contributed by atoms with E-state index >= 15 is 0 Å². The fourth-order valence-corrected chi connectivity index (χ4v) is 3.76. The van der Waals surface area contributed by atoms with Gasteiger partial charge >= 0.3 is 5.69 Å². The number of nitrogens with zero attached hydrogens (tertiary/aromatic N) is 4. The van der Waals surface area contributed by atoms with Crippen LogP contribution >= 0.6 is 0 Å². The van der Waals surface area contributed by atoms with Gasteiger partial charge in [-0.05, 0) is 61.6 Å². The summed E-state index contributed by atoms with van der Waals surface area (Å²) < 4.78 is 0. The summed E-state index contributed by atoms with van der Waals surface area (Å²) in [6, 6.07) is 13.9. The highest BCUT2D eigenvalue weighted by Gasteiger charge is 2.30. The maximum absolute atomic E-state index is 12.0. The molecule has 1 aromatic heterocycles. The second kappa shape index (κ2) is 7.26. The molecule has 7 nitrogen and oxygen atoms in total. The first-order chi connectivity index (χ1) is 13.5. The zero-order valence-corrected chi connectivity index (χ0v) is 15.8. The van der Waals surface area contributed by atoms with Gasteiger partial charge in [0.2, 0.25) is 11.6 Å². The first kappa shape index (κ1) is 17.9. The van der Waals surface area contributed by atoms with Gasteiger partial charge in [-0.15, -0.1) is 0 Å². The van der Waals surface area contributed by atoms with E-state index < -0.39 is 4.92 Å². The van der Waals surface area contributed by atoms with Gasteiger partial charge < -0.3 is 10.2 Å². The third-order valence-corrected chi connectivity index (χ3v) is 4.84. The predicted octanol–water partition coefficient (Wildman–Crippen LogP) is 4.83. The molecule has 1 N–H and O–H groups in total. The monoisotopic (exact) mass is 375 g/mol. The number of aryl methyl sites for hydroxylation is 3. The third kappa shape index (κ3) is 3.38. The Morgan fingerprint density at radius 2 is 1.86 bits per heavy atom. The molecule has 142 valence electrons. The van der Waals surface area contributed by atoms with E-state index in [0.717, 1.165) is 35.3 Å². The van der Waals surface area contributed by atoms with Gasteiger partial charge in [0.1, 0.15) is 6.33 Å². The first-order valence-corrected chi connectivity index (χ1v) is 9.23. The fourth-order valence-electron chi connectivity index (χ4n) is 3.76. The van der Waals surface area contributed by atoms with Gasteiger partial charge in [0.15, 0.2) is 0 Å². The molecule has 0 spiro atoms. The fraction of sp³-hybridized carbons (Fsp3) is 0.238. The number of nitrogens with one attached hydrogen (secondary N) is 1. The summed E-state index contributed by atoms with van der Waals surface area (Å²) in [5.74, 6) is 0.516. The van der Waals surface area contributed by atoms with Crippen LogP contribution < -0.4 is 10.2 Å². The Hall–Kier alpha value is -3.48. The van der Waals surface area contributed by atoms with Crippen molar-refractivity contribution in [3.63, 3.8) is 0 Å². The smallest absolute Gasteiger partial charge is 0.334 e. The zero-order chi connectivity index (χ0) is 19.7. The number of hydrogen-bond acceptors (Lipinski definition) is 6. The lowest BCUT2D eigenvalue weighted by Gasteiger charge is -2.30. The van der Waals surface area contributed by atoms with Crippen LogP contribution in [0, 0.1) is 24.0 Å². The lowest BCUT2D eigenvalue weighted by atomic mass is 10.0. The minimum Gasteiger partial charge on any atom is -0.334 e. The Labute approximate surface area is 163 Å². The van der Waals surface area contributed by atoms with Crippen molar-refractivity contribution in [3.8, 4) is 0 Å². The van der Waals surface area contributed by atoms with E-state index in [9.17, 15) is 10.1 Å². The van der Waals surface area contributed by atoms with Gasteiger partial charge in [0.05, 0.1) is 4.92 Å². The largest absolute Gasteiger partial charge is 0.354 e. The molecular formula is C21H21N5O2. The average molecular weight is 375 g/mol. The molecule has 1 aliphatic rings. The molecule has 0 unspecified atom stereocenters. The number of anilines is 4. The maximum Gasteiger partial charge on any atom is 0.354 e. The van der Waals surface area contributed by atoms with Crippen LogP contribution in [0.25, 0.3) is 0 Å². The molecule has 28 heavy (non-hydrogen) atoms. The van der Waals surface area contributed by atoms with Gasteiger partial charge in [0.25, 0.3) is 0 Å². The van der Waals surface area contributed by atoms with Crippen LogP contribution in [-0.2, 0) is 6.42 Å². The van der Waals surface area contributed by atoms with E-state index in [2.05, 4.69) is 27.4 Å². The first-order valence-electron chi connectivity index (χ1n) is 9.23. The summed E-state index contributed by atoms with van der Waals surface area (Å²) >= 11 is 0. The van der Waals surface area contributed by atoms with E-state index in [1.54, 1.807) is 0 Å². The number of aromatic nitrogens is 2. The normalized spacial score (nSPS) is 13.1. The van der Waals surface area contributed by atoms with Crippen molar-refractivity contribution in [2.24, 2.45) is 0 Å². The zero-order valence-electron chi connectivity index (χ0n) is 15.8. The average Bonchev–Trinajstić information content (AvgIpc) is 2.66. The minimum absolute atomic E-state index is 0.113. The Morgan fingerprint density at radius 3 is 2.61 bits per heavy atom. The molecule has 7 heteroatoms. The van der Waals surface area contributed by atoms with Crippen molar-refractivity contribution in [1.82, 2.24) is 9.97 Å². The number of benzene rings is 2. The molecule has 0 amide bonds. The summed E-state index contributed by atoms with van der Waals surface area (Å²) in [7, 11) is 0. The minimum atomic E-state index is -0.405. The van der Waals surface area contributed by atoms with E-state index in [4.69, 9.17) is 0 Å². The predicted molar refractivity (Wildman–Crippen MR) is 110 cm³/mol.